The Bertz CT molecular complexity index is 740. The predicted octanol–water partition coefficient (Wildman–Crippen LogP) is 2.40. The molecule has 0 saturated heterocycles. The number of rotatable bonds is 1. The smallest absolute Gasteiger partial charge is 0.217 e. The van der Waals surface area contributed by atoms with E-state index in [-0.39, 0.29) is 0 Å². The van der Waals surface area contributed by atoms with Crippen LogP contribution in [0.15, 0.2) is 18.6 Å². The molecule has 0 aliphatic carbocycles. The van der Waals surface area contributed by atoms with Crippen molar-refractivity contribution in [2.75, 3.05) is 0 Å². The van der Waals surface area contributed by atoms with Crippen LogP contribution in [0.2, 0.25) is 5.15 Å². The first-order valence-electron chi connectivity index (χ1n) is 5.57. The lowest BCUT2D eigenvalue weighted by atomic mass is 10.2. The van der Waals surface area contributed by atoms with E-state index in [2.05, 4.69) is 15.1 Å². The summed E-state index contributed by atoms with van der Waals surface area (Å²) in [5.74, 6) is 1.22. The number of halogens is 1. The molecule has 3 aromatic rings. The van der Waals surface area contributed by atoms with Gasteiger partial charge in [0.05, 0.1) is 0 Å². The number of imidazole rings is 1. The van der Waals surface area contributed by atoms with Crippen molar-refractivity contribution in [3.63, 3.8) is 0 Å². The molecule has 6 heteroatoms. The molecule has 0 aliphatic heterocycles. The fraction of sp³-hybridized carbons (Fsp3) is 0.250. The van der Waals surface area contributed by atoms with Gasteiger partial charge in [-0.3, -0.25) is 0 Å². The van der Waals surface area contributed by atoms with Gasteiger partial charge in [-0.2, -0.15) is 0 Å². The number of aromatic nitrogens is 5. The summed E-state index contributed by atoms with van der Waals surface area (Å²) in [4.78, 5) is 8.56. The summed E-state index contributed by atoms with van der Waals surface area (Å²) in [6.07, 6.45) is 5.51. The second kappa shape index (κ2) is 3.81. The molecule has 0 bridgehead atoms. The summed E-state index contributed by atoms with van der Waals surface area (Å²) in [6, 6.07) is 0. The van der Waals surface area contributed by atoms with Crippen molar-refractivity contribution in [3.8, 4) is 11.6 Å². The van der Waals surface area contributed by atoms with Gasteiger partial charge in [-0.15, -0.1) is 5.10 Å². The van der Waals surface area contributed by atoms with Crippen molar-refractivity contribution in [1.82, 2.24) is 24.1 Å². The Morgan fingerprint density at radius 2 is 2.06 bits per heavy atom. The second-order valence-electron chi connectivity index (χ2n) is 4.32. The van der Waals surface area contributed by atoms with Crippen LogP contribution < -0.4 is 0 Å². The molecule has 0 aromatic carbocycles. The number of hydrogen-bond donors (Lipinski definition) is 0. The van der Waals surface area contributed by atoms with E-state index >= 15 is 0 Å². The predicted molar refractivity (Wildman–Crippen MR) is 69.7 cm³/mol. The highest BCUT2D eigenvalue weighted by atomic mass is 35.5. The maximum atomic E-state index is 6.24. The van der Waals surface area contributed by atoms with Gasteiger partial charge in [0, 0.05) is 25.6 Å². The van der Waals surface area contributed by atoms with Crippen molar-refractivity contribution in [2.45, 2.75) is 13.8 Å². The van der Waals surface area contributed by atoms with Gasteiger partial charge in [0.25, 0.3) is 0 Å². The standard InChI is InChI=1S/C12H12ClN5/c1-7-6-18-9(8(7)2)10(13)15-11(16-18)12-14-4-5-17(12)3/h4-6H,1-3H3. The van der Waals surface area contributed by atoms with E-state index < -0.39 is 0 Å². The van der Waals surface area contributed by atoms with E-state index in [0.717, 1.165) is 16.6 Å². The largest absolute Gasteiger partial charge is 0.331 e. The maximum Gasteiger partial charge on any atom is 0.217 e. The first-order valence-corrected chi connectivity index (χ1v) is 5.95. The van der Waals surface area contributed by atoms with Crippen LogP contribution in [0, 0.1) is 13.8 Å². The average molecular weight is 262 g/mol. The molecule has 0 spiro atoms. The number of aryl methyl sites for hydroxylation is 3. The fourth-order valence-electron chi connectivity index (χ4n) is 1.98. The Morgan fingerprint density at radius 3 is 2.72 bits per heavy atom. The number of hydrogen-bond acceptors (Lipinski definition) is 3. The van der Waals surface area contributed by atoms with Gasteiger partial charge in [0.1, 0.15) is 5.52 Å². The maximum absolute atomic E-state index is 6.24. The van der Waals surface area contributed by atoms with Gasteiger partial charge in [0.15, 0.2) is 11.0 Å². The lowest BCUT2D eigenvalue weighted by Crippen LogP contribution is -2.02. The minimum atomic E-state index is 0.452. The summed E-state index contributed by atoms with van der Waals surface area (Å²) < 4.78 is 3.63. The van der Waals surface area contributed by atoms with E-state index in [1.165, 1.54) is 0 Å². The quantitative estimate of drug-likeness (QED) is 0.676. The number of nitrogens with zero attached hydrogens (tertiary/aromatic N) is 5. The summed E-state index contributed by atoms with van der Waals surface area (Å²) in [7, 11) is 1.90. The van der Waals surface area contributed by atoms with Crippen molar-refractivity contribution < 1.29 is 0 Å². The molecule has 3 rings (SSSR count). The van der Waals surface area contributed by atoms with Gasteiger partial charge in [-0.05, 0) is 25.0 Å². The van der Waals surface area contributed by atoms with Crippen molar-refractivity contribution in [3.05, 3.63) is 34.9 Å². The van der Waals surface area contributed by atoms with Crippen molar-refractivity contribution >= 4 is 17.1 Å². The highest BCUT2D eigenvalue weighted by Gasteiger charge is 2.14. The van der Waals surface area contributed by atoms with E-state index in [4.69, 9.17) is 11.6 Å². The molecule has 0 amide bonds. The lowest BCUT2D eigenvalue weighted by molar-refractivity contribution is 0.858. The minimum absolute atomic E-state index is 0.452. The molecule has 3 heterocycles. The van der Waals surface area contributed by atoms with Crippen LogP contribution in [0.5, 0.6) is 0 Å². The van der Waals surface area contributed by atoms with Crippen LogP contribution in [-0.4, -0.2) is 24.1 Å². The van der Waals surface area contributed by atoms with Gasteiger partial charge in [-0.1, -0.05) is 11.6 Å². The topological polar surface area (TPSA) is 48.0 Å². The van der Waals surface area contributed by atoms with Crippen LogP contribution in [0.4, 0.5) is 0 Å². The normalized spacial score (nSPS) is 11.3. The molecular weight excluding hydrogens is 250 g/mol. The van der Waals surface area contributed by atoms with Crippen LogP contribution in [0.25, 0.3) is 17.2 Å². The Hall–Kier alpha value is -1.88. The van der Waals surface area contributed by atoms with E-state index in [1.54, 1.807) is 10.7 Å². The third kappa shape index (κ3) is 1.51. The molecule has 0 N–H and O–H groups in total. The van der Waals surface area contributed by atoms with Gasteiger partial charge < -0.3 is 4.57 Å². The molecule has 0 atom stereocenters. The minimum Gasteiger partial charge on any atom is -0.331 e. The summed E-state index contributed by atoms with van der Waals surface area (Å²) in [5.41, 5.74) is 3.10. The first kappa shape index (κ1) is 11.2. The third-order valence-electron chi connectivity index (χ3n) is 3.11. The zero-order chi connectivity index (χ0) is 12.9. The van der Waals surface area contributed by atoms with Crippen LogP contribution in [0.3, 0.4) is 0 Å². The molecule has 5 nitrogen and oxygen atoms in total. The third-order valence-corrected chi connectivity index (χ3v) is 3.38. The Balaban J connectivity index is 2.31. The molecule has 0 saturated carbocycles. The highest BCUT2D eigenvalue weighted by molar-refractivity contribution is 6.32. The summed E-state index contributed by atoms with van der Waals surface area (Å²) >= 11 is 6.24. The Kier molecular flexibility index (Phi) is 2.38. The number of fused-ring (bicyclic) bond motifs is 1. The zero-order valence-corrected chi connectivity index (χ0v) is 11.1. The molecule has 3 aromatic heterocycles. The Labute approximate surface area is 109 Å². The summed E-state index contributed by atoms with van der Waals surface area (Å²) in [5, 5.41) is 4.91. The van der Waals surface area contributed by atoms with Gasteiger partial charge in [-0.25, -0.2) is 14.5 Å². The van der Waals surface area contributed by atoms with E-state index in [0.29, 0.717) is 16.8 Å². The molecule has 0 radical (unpaired) electrons. The molecule has 18 heavy (non-hydrogen) atoms. The second-order valence-corrected chi connectivity index (χ2v) is 4.68. The Morgan fingerprint density at radius 1 is 1.28 bits per heavy atom. The summed E-state index contributed by atoms with van der Waals surface area (Å²) in [6.45, 7) is 4.04. The van der Waals surface area contributed by atoms with Crippen LogP contribution in [0.1, 0.15) is 11.1 Å². The van der Waals surface area contributed by atoms with Gasteiger partial charge >= 0.3 is 0 Å². The molecule has 0 fully saturated rings. The van der Waals surface area contributed by atoms with Crippen LogP contribution >= 0.6 is 11.6 Å². The molecule has 0 aliphatic rings. The first-order chi connectivity index (χ1) is 8.58. The molecular formula is C12H12ClN5. The van der Waals surface area contributed by atoms with Crippen LogP contribution in [-0.2, 0) is 7.05 Å². The van der Waals surface area contributed by atoms with Crippen molar-refractivity contribution in [2.24, 2.45) is 7.05 Å². The average Bonchev–Trinajstić information content (AvgIpc) is 2.84. The van der Waals surface area contributed by atoms with Crippen molar-refractivity contribution in [1.29, 1.82) is 0 Å². The van der Waals surface area contributed by atoms with E-state index in [1.807, 2.05) is 37.9 Å². The van der Waals surface area contributed by atoms with Gasteiger partial charge in [0.2, 0.25) is 5.82 Å². The lowest BCUT2D eigenvalue weighted by Gasteiger charge is -2.03. The highest BCUT2D eigenvalue weighted by Crippen LogP contribution is 2.24. The SMILES string of the molecule is Cc1cn2nc(-c3nccn3C)nc(Cl)c2c1C. The van der Waals surface area contributed by atoms with E-state index in [9.17, 15) is 0 Å². The zero-order valence-electron chi connectivity index (χ0n) is 10.3. The molecule has 0 unspecified atom stereocenters. The monoisotopic (exact) mass is 261 g/mol. The fourth-order valence-corrected chi connectivity index (χ4v) is 2.29. The molecule has 92 valence electrons.